The van der Waals surface area contributed by atoms with E-state index in [-0.39, 0.29) is 11.5 Å². The number of benzene rings is 2. The average molecular weight is 473 g/mol. The molecule has 2 aliphatic rings. The van der Waals surface area contributed by atoms with Gasteiger partial charge >= 0.3 is 6.18 Å². The molecule has 0 aromatic heterocycles. The highest BCUT2D eigenvalue weighted by atomic mass is 32.2. The molecule has 4 rings (SSSR count). The zero-order valence-corrected chi connectivity index (χ0v) is 19.0. The van der Waals surface area contributed by atoms with E-state index >= 15 is 0 Å². The van der Waals surface area contributed by atoms with E-state index < -0.39 is 29.5 Å². The van der Waals surface area contributed by atoms with Gasteiger partial charge in [0.15, 0.2) is 5.78 Å². The monoisotopic (exact) mass is 472 g/mol. The number of halogens is 3. The van der Waals surface area contributed by atoms with Gasteiger partial charge in [0.25, 0.3) is 0 Å². The van der Waals surface area contributed by atoms with Crippen molar-refractivity contribution < 1.29 is 22.8 Å². The molecular formula is C25H23F3N2O2S. The number of thioether (sulfide) groups is 1. The van der Waals surface area contributed by atoms with Crippen LogP contribution in [0.4, 0.5) is 18.9 Å². The van der Waals surface area contributed by atoms with Gasteiger partial charge in [-0.15, -0.1) is 11.8 Å². The van der Waals surface area contributed by atoms with E-state index in [2.05, 4.69) is 10.3 Å². The third-order valence-electron chi connectivity index (χ3n) is 6.05. The van der Waals surface area contributed by atoms with E-state index in [4.69, 9.17) is 0 Å². The fourth-order valence-corrected chi connectivity index (χ4v) is 4.92. The zero-order valence-electron chi connectivity index (χ0n) is 18.2. The minimum absolute atomic E-state index is 0.0247. The van der Waals surface area contributed by atoms with E-state index in [1.807, 2.05) is 30.5 Å². The summed E-state index contributed by atoms with van der Waals surface area (Å²) in [5, 5.41) is 2.63. The van der Waals surface area contributed by atoms with Crippen LogP contribution in [0.15, 0.2) is 69.7 Å². The summed E-state index contributed by atoms with van der Waals surface area (Å²) in [6.07, 6.45) is -0.774. The summed E-state index contributed by atoms with van der Waals surface area (Å²) in [7, 11) is 0. The molecule has 0 saturated heterocycles. The summed E-state index contributed by atoms with van der Waals surface area (Å²) >= 11 is 1.59. The molecule has 8 heteroatoms. The minimum Gasteiger partial charge on any atom is -0.325 e. The van der Waals surface area contributed by atoms with Crippen LogP contribution in [0.5, 0.6) is 0 Å². The Labute approximate surface area is 194 Å². The number of amides is 1. The van der Waals surface area contributed by atoms with Crippen molar-refractivity contribution >= 4 is 34.9 Å². The van der Waals surface area contributed by atoms with Gasteiger partial charge in [0, 0.05) is 39.9 Å². The fourth-order valence-electron chi connectivity index (χ4n) is 4.51. The number of hydrogen-bond donors (Lipinski definition) is 1. The van der Waals surface area contributed by atoms with Gasteiger partial charge in [-0.2, -0.15) is 13.2 Å². The topological polar surface area (TPSA) is 58.5 Å². The first-order valence-corrected chi connectivity index (χ1v) is 11.8. The van der Waals surface area contributed by atoms with Gasteiger partial charge in [-0.05, 0) is 61.9 Å². The van der Waals surface area contributed by atoms with Crippen molar-refractivity contribution in [1.29, 1.82) is 0 Å². The predicted octanol–water partition coefficient (Wildman–Crippen LogP) is 6.25. The smallest absolute Gasteiger partial charge is 0.325 e. The first kappa shape index (κ1) is 23.3. The van der Waals surface area contributed by atoms with E-state index in [1.165, 1.54) is 12.1 Å². The molecule has 1 amide bonds. The number of alkyl halides is 3. The number of hydrogen-bond acceptors (Lipinski definition) is 4. The Bertz CT molecular complexity index is 1150. The first-order chi connectivity index (χ1) is 15.7. The molecule has 33 heavy (non-hydrogen) atoms. The van der Waals surface area contributed by atoms with Crippen molar-refractivity contribution in [2.45, 2.75) is 43.2 Å². The molecule has 0 fully saturated rings. The average Bonchev–Trinajstić information content (AvgIpc) is 2.78. The number of rotatable bonds is 4. The number of aliphatic imine (C=N–C) groups is 1. The quantitative estimate of drug-likeness (QED) is 0.536. The molecule has 1 aliphatic carbocycles. The van der Waals surface area contributed by atoms with Crippen molar-refractivity contribution in [3.63, 3.8) is 0 Å². The highest BCUT2D eigenvalue weighted by molar-refractivity contribution is 7.98. The van der Waals surface area contributed by atoms with Crippen molar-refractivity contribution in [2.75, 3.05) is 11.6 Å². The van der Waals surface area contributed by atoms with Gasteiger partial charge in [-0.25, -0.2) is 0 Å². The Hall–Kier alpha value is -2.87. The van der Waals surface area contributed by atoms with Crippen LogP contribution in [0.3, 0.4) is 0 Å². The Morgan fingerprint density at radius 2 is 1.85 bits per heavy atom. The largest absolute Gasteiger partial charge is 0.416 e. The molecule has 0 saturated carbocycles. The number of nitrogens with zero attached hydrogens (tertiary/aromatic N) is 1. The summed E-state index contributed by atoms with van der Waals surface area (Å²) in [5.41, 5.74) is 1.83. The van der Waals surface area contributed by atoms with Crippen molar-refractivity contribution in [3.8, 4) is 0 Å². The second-order valence-electron chi connectivity index (χ2n) is 8.19. The van der Waals surface area contributed by atoms with Gasteiger partial charge < -0.3 is 5.32 Å². The van der Waals surface area contributed by atoms with Gasteiger partial charge in [-0.1, -0.05) is 18.2 Å². The lowest BCUT2D eigenvalue weighted by Gasteiger charge is -2.35. The zero-order chi connectivity index (χ0) is 23.8. The molecule has 0 bridgehead atoms. The maximum Gasteiger partial charge on any atom is 0.416 e. The predicted molar refractivity (Wildman–Crippen MR) is 124 cm³/mol. The molecule has 2 aromatic rings. The number of Topliss-reactive ketones (excluding diaryl/α,β-unsaturated/α-hetero) is 1. The number of anilines is 1. The lowest BCUT2D eigenvalue weighted by Crippen LogP contribution is -2.39. The summed E-state index contributed by atoms with van der Waals surface area (Å²) < 4.78 is 39.4. The Kier molecular flexibility index (Phi) is 6.47. The second-order valence-corrected chi connectivity index (χ2v) is 9.07. The van der Waals surface area contributed by atoms with E-state index in [0.717, 1.165) is 22.6 Å². The summed E-state index contributed by atoms with van der Waals surface area (Å²) in [6, 6.07) is 12.2. The Morgan fingerprint density at radius 1 is 1.12 bits per heavy atom. The SMILES string of the molecule is CSc1ccc(C2C3=C(CCCC3=O)N=C(C)C2C(=O)Nc2cccc(C(F)(F)F)c2)cc1. The highest BCUT2D eigenvalue weighted by Crippen LogP contribution is 2.44. The molecule has 1 aliphatic heterocycles. The molecule has 0 radical (unpaired) electrons. The first-order valence-electron chi connectivity index (χ1n) is 10.6. The molecule has 2 aromatic carbocycles. The lowest BCUT2D eigenvalue weighted by atomic mass is 9.71. The number of allylic oxidation sites excluding steroid dienone is 2. The van der Waals surface area contributed by atoms with Crippen LogP contribution in [0, 0.1) is 5.92 Å². The third kappa shape index (κ3) is 4.76. The van der Waals surface area contributed by atoms with E-state index in [1.54, 1.807) is 18.7 Å². The third-order valence-corrected chi connectivity index (χ3v) is 6.79. The van der Waals surface area contributed by atoms with Gasteiger partial charge in [0.1, 0.15) is 0 Å². The van der Waals surface area contributed by atoms with Crippen LogP contribution >= 0.6 is 11.8 Å². The number of carbonyl (C=O) groups is 2. The van der Waals surface area contributed by atoms with Crippen LogP contribution in [0.25, 0.3) is 0 Å². The number of ketones is 1. The summed E-state index contributed by atoms with van der Waals surface area (Å²) in [6.45, 7) is 1.74. The molecule has 1 heterocycles. The van der Waals surface area contributed by atoms with Crippen molar-refractivity contribution in [2.24, 2.45) is 10.9 Å². The van der Waals surface area contributed by atoms with Gasteiger partial charge in [-0.3, -0.25) is 14.6 Å². The van der Waals surface area contributed by atoms with Crippen LogP contribution in [0.1, 0.15) is 43.2 Å². The summed E-state index contributed by atoms with van der Waals surface area (Å²) in [5.74, 6) is -1.85. The highest BCUT2D eigenvalue weighted by Gasteiger charge is 2.42. The van der Waals surface area contributed by atoms with E-state index in [0.29, 0.717) is 36.2 Å². The molecule has 0 spiro atoms. The molecule has 4 nitrogen and oxygen atoms in total. The molecule has 2 atom stereocenters. The summed E-state index contributed by atoms with van der Waals surface area (Å²) in [4.78, 5) is 32.0. The maximum absolute atomic E-state index is 13.4. The Morgan fingerprint density at radius 3 is 2.52 bits per heavy atom. The van der Waals surface area contributed by atoms with Crippen molar-refractivity contribution in [1.82, 2.24) is 0 Å². The van der Waals surface area contributed by atoms with E-state index in [9.17, 15) is 22.8 Å². The second kappa shape index (κ2) is 9.17. The van der Waals surface area contributed by atoms with Crippen LogP contribution in [0.2, 0.25) is 0 Å². The lowest BCUT2D eigenvalue weighted by molar-refractivity contribution is -0.137. The molecule has 172 valence electrons. The number of carbonyl (C=O) groups excluding carboxylic acids is 2. The fraction of sp³-hybridized carbons (Fsp3) is 0.320. The molecule has 1 N–H and O–H groups in total. The standard InChI is InChI=1S/C25H23F3N2O2S/c1-14-21(24(32)30-17-6-3-5-16(13-17)25(26,27)28)22(15-9-11-18(33-2)12-10-15)23-19(29-14)7-4-8-20(23)31/h3,5-6,9-13,21-22H,4,7-8H2,1-2H3,(H,30,32). The van der Waals surface area contributed by atoms with Crippen molar-refractivity contribution in [3.05, 3.63) is 70.9 Å². The normalized spacial score (nSPS) is 20.9. The Balaban J connectivity index is 1.73. The minimum atomic E-state index is -4.52. The van der Waals surface area contributed by atoms with Crippen LogP contribution in [-0.2, 0) is 15.8 Å². The number of nitrogens with one attached hydrogen (secondary N) is 1. The van der Waals surface area contributed by atoms with Gasteiger partial charge in [0.2, 0.25) is 5.91 Å². The molecular weight excluding hydrogens is 449 g/mol. The molecule has 2 unspecified atom stereocenters. The van der Waals surface area contributed by atoms with Gasteiger partial charge in [0.05, 0.1) is 11.5 Å². The van der Waals surface area contributed by atoms with Crippen LogP contribution in [-0.4, -0.2) is 23.7 Å². The van der Waals surface area contributed by atoms with Crippen LogP contribution < -0.4 is 5.32 Å². The maximum atomic E-state index is 13.4.